The standard InChI is InChI=1S/C21H24N6O/c1-16(2)26-12-7-17(14-26)20-24-19(18-6-3-4-11-27(18)20)21(28)23-8-5-10-25-13-9-22-15-25/h3-4,6-7,9,11-16H,5,8,10H2,1-2H3,(H,23,28). The highest BCUT2D eigenvalue weighted by atomic mass is 16.1. The first-order valence-electron chi connectivity index (χ1n) is 9.52. The zero-order chi connectivity index (χ0) is 19.5. The molecule has 0 bridgehead atoms. The summed E-state index contributed by atoms with van der Waals surface area (Å²) < 4.78 is 6.10. The largest absolute Gasteiger partial charge is 0.351 e. The number of fused-ring (bicyclic) bond motifs is 1. The van der Waals surface area contributed by atoms with Crippen molar-refractivity contribution in [1.82, 2.24) is 28.8 Å². The summed E-state index contributed by atoms with van der Waals surface area (Å²) in [5, 5.41) is 2.99. The smallest absolute Gasteiger partial charge is 0.272 e. The first kappa shape index (κ1) is 18.0. The summed E-state index contributed by atoms with van der Waals surface area (Å²) in [5.41, 5.74) is 2.26. The molecular formula is C21H24N6O. The van der Waals surface area contributed by atoms with Crippen LogP contribution in [0.25, 0.3) is 16.9 Å². The summed E-state index contributed by atoms with van der Waals surface area (Å²) >= 11 is 0. The van der Waals surface area contributed by atoms with Crippen molar-refractivity contribution < 1.29 is 4.79 Å². The van der Waals surface area contributed by atoms with Crippen LogP contribution in [-0.2, 0) is 6.54 Å². The van der Waals surface area contributed by atoms with Crippen LogP contribution in [0.5, 0.6) is 0 Å². The van der Waals surface area contributed by atoms with Crippen LogP contribution in [0.4, 0.5) is 0 Å². The summed E-state index contributed by atoms with van der Waals surface area (Å²) in [5.74, 6) is 0.627. The van der Waals surface area contributed by atoms with Crippen LogP contribution in [0, 0.1) is 0 Å². The van der Waals surface area contributed by atoms with Crippen LogP contribution in [0.1, 0.15) is 36.8 Å². The maximum Gasteiger partial charge on any atom is 0.272 e. The molecule has 0 saturated heterocycles. The van der Waals surface area contributed by atoms with Crippen molar-refractivity contribution in [3.8, 4) is 11.4 Å². The lowest BCUT2D eigenvalue weighted by Gasteiger charge is -2.05. The Morgan fingerprint density at radius 2 is 2.07 bits per heavy atom. The van der Waals surface area contributed by atoms with E-state index in [0.29, 0.717) is 18.3 Å². The first-order chi connectivity index (χ1) is 13.6. The van der Waals surface area contributed by atoms with Gasteiger partial charge in [0.2, 0.25) is 0 Å². The van der Waals surface area contributed by atoms with E-state index < -0.39 is 0 Å². The van der Waals surface area contributed by atoms with E-state index in [0.717, 1.165) is 29.9 Å². The molecule has 4 aromatic rings. The van der Waals surface area contributed by atoms with Gasteiger partial charge in [-0.15, -0.1) is 0 Å². The van der Waals surface area contributed by atoms with E-state index in [-0.39, 0.29) is 5.91 Å². The van der Waals surface area contributed by atoms with Crippen molar-refractivity contribution in [2.24, 2.45) is 0 Å². The minimum Gasteiger partial charge on any atom is -0.351 e. The molecule has 7 nitrogen and oxygen atoms in total. The van der Waals surface area contributed by atoms with Crippen molar-refractivity contribution in [3.63, 3.8) is 0 Å². The SMILES string of the molecule is CC(C)n1ccc(-c2nc(C(=O)NCCCn3ccnc3)c3ccccn23)c1. The molecule has 4 heterocycles. The maximum absolute atomic E-state index is 12.8. The molecule has 0 aliphatic heterocycles. The van der Waals surface area contributed by atoms with E-state index in [9.17, 15) is 4.79 Å². The number of pyridine rings is 1. The van der Waals surface area contributed by atoms with Crippen LogP contribution < -0.4 is 5.32 Å². The molecule has 144 valence electrons. The fourth-order valence-electron chi connectivity index (χ4n) is 3.24. The van der Waals surface area contributed by atoms with Gasteiger partial charge in [0.15, 0.2) is 5.69 Å². The van der Waals surface area contributed by atoms with Crippen LogP contribution >= 0.6 is 0 Å². The van der Waals surface area contributed by atoms with E-state index in [1.54, 1.807) is 12.5 Å². The van der Waals surface area contributed by atoms with Gasteiger partial charge < -0.3 is 14.5 Å². The minimum absolute atomic E-state index is 0.149. The zero-order valence-electron chi connectivity index (χ0n) is 16.1. The highest BCUT2D eigenvalue weighted by molar-refractivity contribution is 6.00. The molecule has 1 N–H and O–H groups in total. The lowest BCUT2D eigenvalue weighted by Crippen LogP contribution is -2.25. The third-order valence-electron chi connectivity index (χ3n) is 4.77. The second-order valence-corrected chi connectivity index (χ2v) is 7.09. The zero-order valence-corrected chi connectivity index (χ0v) is 16.1. The Hall–Kier alpha value is -3.35. The molecule has 1 amide bonds. The topological polar surface area (TPSA) is 69.2 Å². The van der Waals surface area contributed by atoms with Crippen LogP contribution in [0.3, 0.4) is 0 Å². The number of hydrogen-bond acceptors (Lipinski definition) is 3. The fourth-order valence-corrected chi connectivity index (χ4v) is 3.24. The van der Waals surface area contributed by atoms with E-state index in [1.807, 2.05) is 51.8 Å². The molecule has 7 heteroatoms. The number of nitrogens with one attached hydrogen (secondary N) is 1. The van der Waals surface area contributed by atoms with Gasteiger partial charge in [-0.3, -0.25) is 9.20 Å². The van der Waals surface area contributed by atoms with Gasteiger partial charge in [-0.05, 0) is 38.5 Å². The second-order valence-electron chi connectivity index (χ2n) is 7.09. The minimum atomic E-state index is -0.149. The quantitative estimate of drug-likeness (QED) is 0.503. The number of nitrogens with zero attached hydrogens (tertiary/aromatic N) is 5. The predicted molar refractivity (Wildman–Crippen MR) is 108 cm³/mol. The maximum atomic E-state index is 12.8. The normalized spacial score (nSPS) is 11.4. The number of carbonyl (C=O) groups excluding carboxylic acids is 1. The summed E-state index contributed by atoms with van der Waals surface area (Å²) in [6.45, 7) is 5.67. The van der Waals surface area contributed by atoms with Gasteiger partial charge in [-0.1, -0.05) is 6.07 Å². The summed E-state index contributed by atoms with van der Waals surface area (Å²) in [6.07, 6.45) is 12.3. The Bertz CT molecular complexity index is 1070. The Kier molecular flexibility index (Phi) is 4.97. The predicted octanol–water partition coefficient (Wildman–Crippen LogP) is 3.40. The van der Waals surface area contributed by atoms with E-state index in [1.165, 1.54) is 0 Å². The molecule has 0 spiro atoms. The highest BCUT2D eigenvalue weighted by Crippen LogP contribution is 2.24. The Morgan fingerprint density at radius 3 is 2.82 bits per heavy atom. The molecule has 4 rings (SSSR count). The van der Waals surface area contributed by atoms with E-state index in [2.05, 4.69) is 39.9 Å². The number of carbonyl (C=O) groups is 1. The lowest BCUT2D eigenvalue weighted by atomic mass is 10.3. The fraction of sp³-hybridized carbons (Fsp3) is 0.286. The van der Waals surface area contributed by atoms with Gasteiger partial charge in [0.05, 0.1) is 11.8 Å². The molecule has 0 saturated carbocycles. The monoisotopic (exact) mass is 376 g/mol. The number of aromatic nitrogens is 5. The van der Waals surface area contributed by atoms with Gasteiger partial charge in [-0.2, -0.15) is 0 Å². The van der Waals surface area contributed by atoms with Gasteiger partial charge in [0, 0.05) is 55.7 Å². The van der Waals surface area contributed by atoms with Crippen molar-refractivity contribution in [1.29, 1.82) is 0 Å². The molecule has 0 unspecified atom stereocenters. The van der Waals surface area contributed by atoms with E-state index in [4.69, 9.17) is 0 Å². The van der Waals surface area contributed by atoms with E-state index >= 15 is 0 Å². The summed E-state index contributed by atoms with van der Waals surface area (Å²) in [4.78, 5) is 21.5. The Labute approximate surface area is 163 Å². The van der Waals surface area contributed by atoms with Crippen molar-refractivity contribution in [2.45, 2.75) is 32.9 Å². The number of imidazole rings is 2. The van der Waals surface area contributed by atoms with Crippen molar-refractivity contribution in [2.75, 3.05) is 6.54 Å². The Balaban J connectivity index is 1.54. The molecule has 0 radical (unpaired) electrons. The molecule has 4 aromatic heterocycles. The molecule has 0 fully saturated rings. The molecule has 28 heavy (non-hydrogen) atoms. The third-order valence-corrected chi connectivity index (χ3v) is 4.77. The second kappa shape index (κ2) is 7.72. The molecule has 0 aromatic carbocycles. The molecule has 0 aliphatic carbocycles. The summed E-state index contributed by atoms with van der Waals surface area (Å²) in [6, 6.07) is 8.21. The Morgan fingerprint density at radius 1 is 1.18 bits per heavy atom. The lowest BCUT2D eigenvalue weighted by molar-refractivity contribution is 0.0950. The van der Waals surface area contributed by atoms with Gasteiger partial charge in [0.1, 0.15) is 5.82 Å². The number of rotatable bonds is 7. The van der Waals surface area contributed by atoms with Crippen LogP contribution in [-0.4, -0.2) is 36.0 Å². The van der Waals surface area contributed by atoms with Crippen molar-refractivity contribution in [3.05, 3.63) is 67.3 Å². The highest BCUT2D eigenvalue weighted by Gasteiger charge is 2.18. The molecular weight excluding hydrogens is 352 g/mol. The number of amides is 1. The summed E-state index contributed by atoms with van der Waals surface area (Å²) in [7, 11) is 0. The molecule has 0 aliphatic rings. The number of aryl methyl sites for hydroxylation is 1. The number of hydrogen-bond donors (Lipinski definition) is 1. The van der Waals surface area contributed by atoms with Crippen LogP contribution in [0.2, 0.25) is 0 Å². The average Bonchev–Trinajstić information content (AvgIpc) is 3.44. The third kappa shape index (κ3) is 3.55. The molecule has 0 atom stereocenters. The van der Waals surface area contributed by atoms with Gasteiger partial charge >= 0.3 is 0 Å². The van der Waals surface area contributed by atoms with Gasteiger partial charge in [0.25, 0.3) is 5.91 Å². The van der Waals surface area contributed by atoms with Gasteiger partial charge in [-0.25, -0.2) is 9.97 Å². The first-order valence-corrected chi connectivity index (χ1v) is 9.52. The van der Waals surface area contributed by atoms with Crippen molar-refractivity contribution >= 4 is 11.4 Å². The average molecular weight is 376 g/mol. The van der Waals surface area contributed by atoms with Crippen LogP contribution in [0.15, 0.2) is 61.6 Å².